The fourth-order valence-electron chi connectivity index (χ4n) is 2.27. The number of thioether (sulfide) groups is 1. The number of carbonyl (C=O) groups is 2. The van der Waals surface area contributed by atoms with E-state index in [4.69, 9.17) is 0 Å². The lowest BCUT2D eigenvalue weighted by atomic mass is 10.3. The second-order valence-corrected chi connectivity index (χ2v) is 7.84. The van der Waals surface area contributed by atoms with Crippen LogP contribution in [-0.2, 0) is 16.1 Å². The Kier molecular flexibility index (Phi) is 6.87. The Morgan fingerprint density at radius 1 is 1.25 bits per heavy atom. The Hall–Kier alpha value is -1.79. The fraction of sp³-hybridized carbons (Fsp3) is 0.333. The molecule has 0 radical (unpaired) electrons. The molecule has 0 saturated carbocycles. The van der Waals surface area contributed by atoms with Gasteiger partial charge in [0.15, 0.2) is 0 Å². The number of amides is 2. The predicted molar refractivity (Wildman–Crippen MR) is 101 cm³/mol. The van der Waals surface area contributed by atoms with Gasteiger partial charge >= 0.3 is 0 Å². The summed E-state index contributed by atoms with van der Waals surface area (Å²) in [6.45, 7) is 6.79. The Labute approximate surface area is 151 Å². The molecule has 1 atom stereocenters. The molecule has 0 bridgehead atoms. The lowest BCUT2D eigenvalue weighted by Gasteiger charge is -2.23. The van der Waals surface area contributed by atoms with Crippen molar-refractivity contribution in [2.75, 3.05) is 11.9 Å². The van der Waals surface area contributed by atoms with Crippen molar-refractivity contribution in [2.24, 2.45) is 0 Å². The molecular weight excluding hydrogens is 340 g/mol. The number of nitrogens with one attached hydrogen (secondary N) is 1. The zero-order valence-electron chi connectivity index (χ0n) is 14.1. The summed E-state index contributed by atoms with van der Waals surface area (Å²) in [6.07, 6.45) is 0. The molecular formula is C18H22N2O2S2. The van der Waals surface area contributed by atoms with Crippen molar-refractivity contribution in [3.05, 3.63) is 46.7 Å². The molecule has 1 N–H and O–H groups in total. The summed E-state index contributed by atoms with van der Waals surface area (Å²) in [6, 6.07) is 11.6. The van der Waals surface area contributed by atoms with E-state index in [1.165, 1.54) is 23.6 Å². The first kappa shape index (κ1) is 18.5. The van der Waals surface area contributed by atoms with E-state index in [0.29, 0.717) is 13.1 Å². The van der Waals surface area contributed by atoms with Crippen LogP contribution in [0, 0.1) is 0 Å². The normalized spacial score (nSPS) is 11.8. The summed E-state index contributed by atoms with van der Waals surface area (Å²) < 4.78 is 0. The summed E-state index contributed by atoms with van der Waals surface area (Å²) in [5.41, 5.74) is 0.763. The Morgan fingerprint density at radius 3 is 2.50 bits per heavy atom. The van der Waals surface area contributed by atoms with Crippen molar-refractivity contribution >= 4 is 40.6 Å². The maximum atomic E-state index is 12.7. The van der Waals surface area contributed by atoms with Gasteiger partial charge in [0.05, 0.1) is 11.8 Å². The predicted octanol–water partition coefficient (Wildman–Crippen LogP) is 4.24. The second kappa shape index (κ2) is 8.89. The first-order chi connectivity index (χ1) is 11.5. The average Bonchev–Trinajstić information content (AvgIpc) is 3.06. The lowest BCUT2D eigenvalue weighted by Crippen LogP contribution is -2.35. The van der Waals surface area contributed by atoms with Gasteiger partial charge in [0.1, 0.15) is 0 Å². The Morgan fingerprint density at radius 2 is 1.96 bits per heavy atom. The van der Waals surface area contributed by atoms with Crippen molar-refractivity contribution in [3.63, 3.8) is 0 Å². The standard InChI is InChI=1S/C18H22N2O2S2/c1-4-20(12-17-6-5-11-23-17)18(22)13(2)24-16-9-7-15(8-10-16)19-14(3)21/h5-11,13H,4,12H2,1-3H3,(H,19,21). The number of benzene rings is 1. The third-order valence-corrected chi connectivity index (χ3v) is 5.42. The molecule has 1 aromatic heterocycles. The molecule has 2 rings (SSSR count). The van der Waals surface area contributed by atoms with Gasteiger partial charge in [-0.1, -0.05) is 6.07 Å². The van der Waals surface area contributed by atoms with Crippen LogP contribution in [0.1, 0.15) is 25.6 Å². The molecule has 1 aromatic carbocycles. The molecule has 0 fully saturated rings. The van der Waals surface area contributed by atoms with E-state index in [1.54, 1.807) is 11.3 Å². The molecule has 0 aliphatic rings. The van der Waals surface area contributed by atoms with E-state index in [0.717, 1.165) is 10.6 Å². The maximum absolute atomic E-state index is 12.7. The zero-order chi connectivity index (χ0) is 17.5. The van der Waals surface area contributed by atoms with Gasteiger partial charge < -0.3 is 10.2 Å². The molecule has 128 valence electrons. The van der Waals surface area contributed by atoms with Gasteiger partial charge in [-0.3, -0.25) is 9.59 Å². The first-order valence-electron chi connectivity index (χ1n) is 7.85. The fourth-order valence-corrected chi connectivity index (χ4v) is 3.94. The number of carbonyl (C=O) groups excluding carboxylic acids is 2. The molecule has 0 aliphatic heterocycles. The van der Waals surface area contributed by atoms with E-state index >= 15 is 0 Å². The monoisotopic (exact) mass is 362 g/mol. The van der Waals surface area contributed by atoms with Gasteiger partial charge in [-0.05, 0) is 49.6 Å². The van der Waals surface area contributed by atoms with Crippen LogP contribution < -0.4 is 5.32 Å². The summed E-state index contributed by atoms with van der Waals surface area (Å²) in [4.78, 5) is 27.8. The smallest absolute Gasteiger partial charge is 0.236 e. The molecule has 6 heteroatoms. The minimum Gasteiger partial charge on any atom is -0.337 e. The van der Waals surface area contributed by atoms with E-state index in [1.807, 2.05) is 54.5 Å². The van der Waals surface area contributed by atoms with Crippen molar-refractivity contribution < 1.29 is 9.59 Å². The van der Waals surface area contributed by atoms with Crippen molar-refractivity contribution in [2.45, 2.75) is 37.5 Å². The Balaban J connectivity index is 1.95. The van der Waals surface area contributed by atoms with Gasteiger partial charge in [-0.15, -0.1) is 23.1 Å². The zero-order valence-corrected chi connectivity index (χ0v) is 15.7. The minimum atomic E-state index is -0.156. The molecule has 2 amide bonds. The number of rotatable bonds is 7. The lowest BCUT2D eigenvalue weighted by molar-refractivity contribution is -0.130. The SMILES string of the molecule is CCN(Cc1cccs1)C(=O)C(C)Sc1ccc(NC(C)=O)cc1. The quantitative estimate of drug-likeness (QED) is 0.750. The third kappa shape index (κ3) is 5.39. The molecule has 2 aromatic rings. The summed E-state index contributed by atoms with van der Waals surface area (Å²) in [5, 5.41) is 4.61. The highest BCUT2D eigenvalue weighted by molar-refractivity contribution is 8.00. The van der Waals surface area contributed by atoms with E-state index in [-0.39, 0.29) is 17.1 Å². The summed E-state index contributed by atoms with van der Waals surface area (Å²) in [5.74, 6) is 0.0490. The Bertz CT molecular complexity index is 669. The second-order valence-electron chi connectivity index (χ2n) is 5.40. The molecule has 0 saturated heterocycles. The van der Waals surface area contributed by atoms with Crippen molar-refractivity contribution in [1.82, 2.24) is 4.90 Å². The molecule has 1 heterocycles. The number of anilines is 1. The topological polar surface area (TPSA) is 49.4 Å². The van der Waals surface area contributed by atoms with Crippen LogP contribution in [0.25, 0.3) is 0 Å². The molecule has 0 aliphatic carbocycles. The number of hydrogen-bond donors (Lipinski definition) is 1. The van der Waals surface area contributed by atoms with E-state index in [9.17, 15) is 9.59 Å². The van der Waals surface area contributed by atoms with E-state index < -0.39 is 0 Å². The number of hydrogen-bond acceptors (Lipinski definition) is 4. The van der Waals surface area contributed by atoms with Gasteiger partial charge in [0.25, 0.3) is 0 Å². The van der Waals surface area contributed by atoms with Crippen LogP contribution in [0.5, 0.6) is 0 Å². The number of nitrogens with zero attached hydrogens (tertiary/aromatic N) is 1. The highest BCUT2D eigenvalue weighted by Crippen LogP contribution is 2.26. The first-order valence-corrected chi connectivity index (χ1v) is 9.61. The third-order valence-electron chi connectivity index (χ3n) is 3.46. The van der Waals surface area contributed by atoms with Crippen LogP contribution in [0.4, 0.5) is 5.69 Å². The van der Waals surface area contributed by atoms with Crippen LogP contribution in [0.2, 0.25) is 0 Å². The summed E-state index contributed by atoms with van der Waals surface area (Å²) in [7, 11) is 0. The van der Waals surface area contributed by atoms with Gasteiger partial charge in [0, 0.05) is 28.9 Å². The molecule has 4 nitrogen and oxygen atoms in total. The highest BCUT2D eigenvalue weighted by atomic mass is 32.2. The van der Waals surface area contributed by atoms with Gasteiger partial charge in [-0.2, -0.15) is 0 Å². The number of thiophene rings is 1. The van der Waals surface area contributed by atoms with Gasteiger partial charge in [-0.25, -0.2) is 0 Å². The van der Waals surface area contributed by atoms with Crippen LogP contribution in [0.15, 0.2) is 46.7 Å². The maximum Gasteiger partial charge on any atom is 0.236 e. The molecule has 24 heavy (non-hydrogen) atoms. The van der Waals surface area contributed by atoms with Crippen molar-refractivity contribution in [3.8, 4) is 0 Å². The molecule has 0 spiro atoms. The van der Waals surface area contributed by atoms with Gasteiger partial charge in [0.2, 0.25) is 11.8 Å². The van der Waals surface area contributed by atoms with Crippen LogP contribution >= 0.6 is 23.1 Å². The van der Waals surface area contributed by atoms with Crippen LogP contribution in [0.3, 0.4) is 0 Å². The average molecular weight is 363 g/mol. The minimum absolute atomic E-state index is 0.0916. The highest BCUT2D eigenvalue weighted by Gasteiger charge is 2.20. The molecule has 1 unspecified atom stereocenters. The summed E-state index contributed by atoms with van der Waals surface area (Å²) >= 11 is 3.21. The van der Waals surface area contributed by atoms with E-state index in [2.05, 4.69) is 11.4 Å². The largest absolute Gasteiger partial charge is 0.337 e. The van der Waals surface area contributed by atoms with Crippen LogP contribution in [-0.4, -0.2) is 28.5 Å². The van der Waals surface area contributed by atoms with Crippen molar-refractivity contribution in [1.29, 1.82) is 0 Å².